The van der Waals surface area contributed by atoms with Gasteiger partial charge in [-0.1, -0.05) is 90.0 Å². The Balaban J connectivity index is 2.18. The fourth-order valence-electron chi connectivity index (χ4n) is 5.50. The minimum Gasteiger partial charge on any atom is -0.462 e. The van der Waals surface area contributed by atoms with Crippen molar-refractivity contribution in [2.45, 2.75) is 179 Å². The molecule has 1 rings (SSSR count). The number of carbonyl (C=O) groups excluding carboxylic acids is 2. The summed E-state index contributed by atoms with van der Waals surface area (Å²) in [6.45, 7) is 3.61. The fourth-order valence-corrected chi connectivity index (χ4v) is 5.50. The van der Waals surface area contributed by atoms with E-state index < -0.39 is 42.6 Å². The average molecular weight is 571 g/mol. The van der Waals surface area contributed by atoms with Crippen LogP contribution in [0.2, 0.25) is 0 Å². The van der Waals surface area contributed by atoms with Crippen molar-refractivity contribution in [3.63, 3.8) is 0 Å². The number of esters is 2. The van der Waals surface area contributed by atoms with Crippen LogP contribution in [0, 0.1) is 0 Å². The number of aliphatic hydroxyl groups is 4. The Morgan fingerprint density at radius 2 is 1.27 bits per heavy atom. The molecule has 40 heavy (non-hydrogen) atoms. The zero-order valence-electron chi connectivity index (χ0n) is 25.2. The van der Waals surface area contributed by atoms with Crippen LogP contribution < -0.4 is 0 Å². The molecule has 234 valence electrons. The van der Waals surface area contributed by atoms with Gasteiger partial charge in [-0.25, -0.2) is 4.79 Å². The van der Waals surface area contributed by atoms with Gasteiger partial charge < -0.3 is 29.9 Å². The summed E-state index contributed by atoms with van der Waals surface area (Å²) in [7, 11) is 0. The molecule has 0 radical (unpaired) electrons. The van der Waals surface area contributed by atoms with Crippen LogP contribution in [0.1, 0.15) is 142 Å². The highest BCUT2D eigenvalue weighted by atomic mass is 16.5. The van der Waals surface area contributed by atoms with E-state index in [-0.39, 0.29) is 38.1 Å². The lowest BCUT2D eigenvalue weighted by Gasteiger charge is -2.25. The van der Waals surface area contributed by atoms with Gasteiger partial charge in [0.2, 0.25) is 0 Å². The maximum Gasteiger partial charge on any atom is 0.330 e. The average Bonchev–Trinajstić information content (AvgIpc) is 2.86. The number of unbranched alkanes of at least 4 members (excludes halogenated alkanes) is 12. The third kappa shape index (κ3) is 20.4. The molecule has 0 aromatic rings. The maximum atomic E-state index is 11.6. The van der Waals surface area contributed by atoms with E-state index in [1.807, 2.05) is 0 Å². The summed E-state index contributed by atoms with van der Waals surface area (Å²) in [4.78, 5) is 22.9. The highest BCUT2D eigenvalue weighted by molar-refractivity contribution is 5.82. The number of hydrogen-bond donors (Lipinski definition) is 4. The molecule has 0 aromatic heterocycles. The SMILES string of the molecule is CCCCCCCCCCCCCCC[C@H](C[C@H](O)C[C@H](O)C[C@H](O)C[C@H](O)C[C@@H]1CC=CC(=O)O1)OC(C)=O. The molecule has 0 aromatic carbocycles. The van der Waals surface area contributed by atoms with E-state index >= 15 is 0 Å². The van der Waals surface area contributed by atoms with Crippen molar-refractivity contribution < 1.29 is 39.5 Å². The van der Waals surface area contributed by atoms with Crippen LogP contribution in [-0.2, 0) is 19.1 Å². The lowest BCUT2D eigenvalue weighted by atomic mass is 9.95. The fraction of sp³-hybridized carbons (Fsp3) is 0.875. The predicted molar refractivity (Wildman–Crippen MR) is 157 cm³/mol. The minimum atomic E-state index is -0.957. The summed E-state index contributed by atoms with van der Waals surface area (Å²) in [5.41, 5.74) is 0. The first-order valence-corrected chi connectivity index (χ1v) is 16.0. The topological polar surface area (TPSA) is 134 Å². The zero-order chi connectivity index (χ0) is 29.6. The third-order valence-corrected chi connectivity index (χ3v) is 7.60. The number of cyclic esters (lactones) is 1. The lowest BCUT2D eigenvalue weighted by molar-refractivity contribution is -0.148. The van der Waals surface area contributed by atoms with Crippen molar-refractivity contribution >= 4 is 11.9 Å². The summed E-state index contributed by atoms with van der Waals surface area (Å²) in [5.74, 6) is -0.814. The van der Waals surface area contributed by atoms with Crippen molar-refractivity contribution in [3.8, 4) is 0 Å². The number of hydrogen-bond acceptors (Lipinski definition) is 8. The second-order valence-electron chi connectivity index (χ2n) is 11.8. The number of aliphatic hydroxyl groups excluding tert-OH is 4. The van der Waals surface area contributed by atoms with Crippen molar-refractivity contribution in [1.82, 2.24) is 0 Å². The van der Waals surface area contributed by atoms with E-state index in [1.165, 1.54) is 77.2 Å². The van der Waals surface area contributed by atoms with E-state index in [4.69, 9.17) is 9.47 Å². The van der Waals surface area contributed by atoms with Gasteiger partial charge in [0.25, 0.3) is 0 Å². The molecule has 4 N–H and O–H groups in total. The molecule has 0 amide bonds. The molecule has 0 unspecified atom stereocenters. The van der Waals surface area contributed by atoms with Crippen LogP contribution in [0.25, 0.3) is 0 Å². The first kappa shape index (κ1) is 36.5. The summed E-state index contributed by atoms with van der Waals surface area (Å²) in [6.07, 6.45) is 16.8. The molecule has 0 spiro atoms. The van der Waals surface area contributed by atoms with Crippen molar-refractivity contribution in [2.24, 2.45) is 0 Å². The van der Waals surface area contributed by atoms with Gasteiger partial charge in [0.1, 0.15) is 12.2 Å². The Labute approximate surface area is 242 Å². The van der Waals surface area contributed by atoms with Gasteiger partial charge in [-0.3, -0.25) is 4.79 Å². The highest BCUT2D eigenvalue weighted by Crippen LogP contribution is 2.20. The predicted octanol–water partition coefficient (Wildman–Crippen LogP) is 5.67. The van der Waals surface area contributed by atoms with Gasteiger partial charge in [0.05, 0.1) is 24.4 Å². The molecule has 0 fully saturated rings. The molecule has 1 aliphatic heterocycles. The Hall–Kier alpha value is -1.48. The molecule has 0 aliphatic carbocycles. The molecule has 8 nitrogen and oxygen atoms in total. The second kappa shape index (κ2) is 23.1. The molecule has 1 heterocycles. The normalized spacial score (nSPS) is 19.1. The van der Waals surface area contributed by atoms with Crippen LogP contribution in [0.4, 0.5) is 0 Å². The molecule has 1 aliphatic rings. The van der Waals surface area contributed by atoms with Gasteiger partial charge >= 0.3 is 11.9 Å². The summed E-state index contributed by atoms with van der Waals surface area (Å²) in [6, 6.07) is 0. The van der Waals surface area contributed by atoms with Crippen molar-refractivity contribution in [1.29, 1.82) is 0 Å². The zero-order valence-corrected chi connectivity index (χ0v) is 25.2. The van der Waals surface area contributed by atoms with Gasteiger partial charge in [-0.05, 0) is 32.1 Å². The van der Waals surface area contributed by atoms with E-state index in [2.05, 4.69) is 6.92 Å². The van der Waals surface area contributed by atoms with Gasteiger partial charge in [-0.2, -0.15) is 0 Å². The number of rotatable bonds is 25. The Kier molecular flexibility index (Phi) is 21.1. The quantitative estimate of drug-likeness (QED) is 0.0816. The van der Waals surface area contributed by atoms with Crippen LogP contribution in [-0.4, -0.2) is 69.0 Å². The smallest absolute Gasteiger partial charge is 0.330 e. The van der Waals surface area contributed by atoms with Gasteiger partial charge in [0, 0.05) is 32.3 Å². The molecular formula is C32H58O8. The lowest BCUT2D eigenvalue weighted by Crippen LogP contribution is -2.30. The minimum absolute atomic E-state index is 0.00949. The molecular weight excluding hydrogens is 512 g/mol. The Morgan fingerprint density at radius 1 is 0.800 bits per heavy atom. The number of ether oxygens (including phenoxy) is 2. The molecule has 8 heteroatoms. The standard InChI is InChI=1S/C32H58O8/c1-3-4-5-6-7-8-9-10-11-12-13-14-15-17-30(39-25(2)33)23-28(36)21-26(34)20-27(35)22-29(37)24-31-18-16-19-32(38)40-31/h16,19,26-31,34-37H,3-15,17-18,20-24H2,1-2H3/t26-,27+,28-,29+,30-,31+/m1/s1. The molecule has 0 bridgehead atoms. The van der Waals surface area contributed by atoms with E-state index in [0.717, 1.165) is 19.3 Å². The third-order valence-electron chi connectivity index (χ3n) is 7.60. The monoisotopic (exact) mass is 570 g/mol. The Bertz CT molecular complexity index is 682. The van der Waals surface area contributed by atoms with E-state index in [1.54, 1.807) is 6.08 Å². The molecule has 0 saturated heterocycles. The number of carbonyl (C=O) groups is 2. The first-order valence-electron chi connectivity index (χ1n) is 16.0. The van der Waals surface area contributed by atoms with Gasteiger partial charge in [-0.15, -0.1) is 0 Å². The van der Waals surface area contributed by atoms with Crippen LogP contribution in [0.5, 0.6) is 0 Å². The highest BCUT2D eigenvalue weighted by Gasteiger charge is 2.25. The van der Waals surface area contributed by atoms with E-state index in [9.17, 15) is 30.0 Å². The summed E-state index contributed by atoms with van der Waals surface area (Å²) in [5, 5.41) is 41.4. The Morgan fingerprint density at radius 3 is 1.77 bits per heavy atom. The first-order chi connectivity index (χ1) is 19.2. The summed E-state index contributed by atoms with van der Waals surface area (Å²) >= 11 is 0. The van der Waals surface area contributed by atoms with Gasteiger partial charge in [0.15, 0.2) is 0 Å². The van der Waals surface area contributed by atoms with Crippen molar-refractivity contribution in [2.75, 3.05) is 0 Å². The summed E-state index contributed by atoms with van der Waals surface area (Å²) < 4.78 is 10.5. The van der Waals surface area contributed by atoms with Crippen LogP contribution in [0.3, 0.4) is 0 Å². The molecule has 6 atom stereocenters. The van der Waals surface area contributed by atoms with Crippen LogP contribution >= 0.6 is 0 Å². The van der Waals surface area contributed by atoms with E-state index in [0.29, 0.717) is 12.8 Å². The van der Waals surface area contributed by atoms with Crippen molar-refractivity contribution in [3.05, 3.63) is 12.2 Å². The molecule has 0 saturated carbocycles. The largest absolute Gasteiger partial charge is 0.462 e. The maximum absolute atomic E-state index is 11.6. The van der Waals surface area contributed by atoms with Crippen LogP contribution in [0.15, 0.2) is 12.2 Å². The second-order valence-corrected chi connectivity index (χ2v) is 11.8.